The fraction of sp³-hybridized carbons (Fsp3) is 0.130. The van der Waals surface area contributed by atoms with Crippen LogP contribution in [0, 0.1) is 6.92 Å². The molecule has 172 valence electrons. The number of carbonyl (C=O) groups is 2. The first kappa shape index (κ1) is 24.1. The third-order valence-corrected chi connectivity index (χ3v) is 6.26. The van der Waals surface area contributed by atoms with Crippen molar-refractivity contribution in [1.29, 1.82) is 0 Å². The Kier molecular flexibility index (Phi) is 7.25. The van der Waals surface area contributed by atoms with Crippen molar-refractivity contribution in [2.45, 2.75) is 18.7 Å². The minimum absolute atomic E-state index is 0.0813. The monoisotopic (exact) mass is 487 g/mol. The van der Waals surface area contributed by atoms with Crippen molar-refractivity contribution in [3.8, 4) is 5.75 Å². The average molecular weight is 488 g/mol. The molecule has 3 N–H and O–H groups in total. The fourth-order valence-electron chi connectivity index (χ4n) is 2.99. The number of carbonyl (C=O) groups excluding carboxylic acids is 2. The zero-order valence-corrected chi connectivity index (χ0v) is 19.7. The van der Waals surface area contributed by atoms with Gasteiger partial charge in [-0.1, -0.05) is 17.7 Å². The van der Waals surface area contributed by atoms with Crippen LogP contribution in [-0.2, 0) is 14.8 Å². The topological polar surface area (TPSA) is 114 Å². The van der Waals surface area contributed by atoms with Gasteiger partial charge in [0, 0.05) is 23.2 Å². The Morgan fingerprint density at radius 3 is 2.24 bits per heavy atom. The summed E-state index contributed by atoms with van der Waals surface area (Å²) in [5, 5.41) is 5.66. The van der Waals surface area contributed by atoms with Gasteiger partial charge in [-0.3, -0.25) is 14.3 Å². The summed E-state index contributed by atoms with van der Waals surface area (Å²) in [7, 11) is -2.44. The molecule has 0 aromatic heterocycles. The normalized spacial score (nSPS) is 10.9. The third kappa shape index (κ3) is 6.03. The van der Waals surface area contributed by atoms with Crippen LogP contribution in [0.3, 0.4) is 0 Å². The van der Waals surface area contributed by atoms with Gasteiger partial charge < -0.3 is 15.4 Å². The van der Waals surface area contributed by atoms with Crippen LogP contribution in [-0.4, -0.2) is 27.3 Å². The predicted molar refractivity (Wildman–Crippen MR) is 129 cm³/mol. The Hall–Kier alpha value is -3.56. The summed E-state index contributed by atoms with van der Waals surface area (Å²) in [5.74, 6) is -0.281. The molecule has 0 aliphatic heterocycles. The Balaban J connectivity index is 1.89. The van der Waals surface area contributed by atoms with Gasteiger partial charge in [0.15, 0.2) is 0 Å². The first-order chi connectivity index (χ1) is 15.6. The van der Waals surface area contributed by atoms with E-state index in [2.05, 4.69) is 15.4 Å². The molecule has 33 heavy (non-hydrogen) atoms. The van der Waals surface area contributed by atoms with Crippen LogP contribution in [0.5, 0.6) is 5.75 Å². The Morgan fingerprint density at radius 2 is 1.61 bits per heavy atom. The highest BCUT2D eigenvalue weighted by Gasteiger charge is 2.19. The van der Waals surface area contributed by atoms with Crippen LogP contribution in [0.2, 0.25) is 5.02 Å². The Labute approximate surface area is 197 Å². The van der Waals surface area contributed by atoms with Crippen LogP contribution in [0.4, 0.5) is 17.1 Å². The SMILES string of the molecule is COc1ccc(NS(=O)(=O)c2ccc(C)c(C(=O)Nc3cc(Cl)ccc3NC(C)=O)c2)cc1. The molecule has 0 saturated carbocycles. The molecule has 2 amide bonds. The highest BCUT2D eigenvalue weighted by Crippen LogP contribution is 2.27. The number of anilines is 3. The molecular weight excluding hydrogens is 466 g/mol. The highest BCUT2D eigenvalue weighted by atomic mass is 35.5. The molecule has 3 aromatic rings. The Morgan fingerprint density at radius 1 is 0.909 bits per heavy atom. The largest absolute Gasteiger partial charge is 0.497 e. The van der Waals surface area contributed by atoms with Crippen LogP contribution >= 0.6 is 11.6 Å². The van der Waals surface area contributed by atoms with Crippen molar-refractivity contribution in [2.24, 2.45) is 0 Å². The summed E-state index contributed by atoms with van der Waals surface area (Å²) in [5.41, 5.74) is 1.72. The molecule has 0 aliphatic carbocycles. The van der Waals surface area contributed by atoms with Crippen molar-refractivity contribution in [3.05, 3.63) is 76.8 Å². The van der Waals surface area contributed by atoms with E-state index in [0.29, 0.717) is 27.7 Å². The second-order valence-electron chi connectivity index (χ2n) is 7.14. The molecule has 0 atom stereocenters. The molecule has 0 heterocycles. The van der Waals surface area contributed by atoms with Gasteiger partial charge in [-0.25, -0.2) is 8.42 Å². The number of ether oxygens (including phenoxy) is 1. The summed E-state index contributed by atoms with van der Waals surface area (Å²) in [4.78, 5) is 24.4. The van der Waals surface area contributed by atoms with E-state index in [-0.39, 0.29) is 22.1 Å². The molecule has 0 radical (unpaired) electrons. The van der Waals surface area contributed by atoms with Gasteiger partial charge in [-0.15, -0.1) is 0 Å². The molecule has 0 saturated heterocycles. The predicted octanol–water partition coefficient (Wildman–Crippen LogP) is 4.67. The van der Waals surface area contributed by atoms with Gasteiger partial charge in [0.25, 0.3) is 15.9 Å². The molecular formula is C23H22ClN3O5S. The van der Waals surface area contributed by atoms with E-state index in [1.165, 1.54) is 32.2 Å². The summed E-state index contributed by atoms with van der Waals surface area (Å²) < 4.78 is 33.3. The molecule has 0 bridgehead atoms. The van der Waals surface area contributed by atoms with E-state index in [0.717, 1.165) is 0 Å². The van der Waals surface area contributed by atoms with Crippen LogP contribution in [0.1, 0.15) is 22.8 Å². The summed E-state index contributed by atoms with van der Waals surface area (Å²) in [6.45, 7) is 3.03. The van der Waals surface area contributed by atoms with E-state index in [9.17, 15) is 18.0 Å². The van der Waals surface area contributed by atoms with Gasteiger partial charge >= 0.3 is 0 Å². The second-order valence-corrected chi connectivity index (χ2v) is 9.25. The minimum atomic E-state index is -3.96. The molecule has 8 nitrogen and oxygen atoms in total. The average Bonchev–Trinajstić information content (AvgIpc) is 2.75. The van der Waals surface area contributed by atoms with Gasteiger partial charge in [0.2, 0.25) is 5.91 Å². The quantitative estimate of drug-likeness (QED) is 0.448. The second kappa shape index (κ2) is 9.93. The summed E-state index contributed by atoms with van der Waals surface area (Å²) in [6.07, 6.45) is 0. The maximum absolute atomic E-state index is 13.0. The molecule has 0 unspecified atom stereocenters. The summed E-state index contributed by atoms with van der Waals surface area (Å²) >= 11 is 6.04. The van der Waals surface area contributed by atoms with Crippen LogP contribution in [0.15, 0.2) is 65.6 Å². The van der Waals surface area contributed by atoms with Crippen LogP contribution in [0.25, 0.3) is 0 Å². The number of amides is 2. The number of methoxy groups -OCH3 is 1. The van der Waals surface area contributed by atoms with E-state index in [1.54, 1.807) is 49.4 Å². The van der Waals surface area contributed by atoms with Crippen LogP contribution < -0.4 is 20.1 Å². The number of halogens is 1. The minimum Gasteiger partial charge on any atom is -0.497 e. The lowest BCUT2D eigenvalue weighted by Crippen LogP contribution is -2.18. The Bertz CT molecular complexity index is 1310. The van der Waals surface area contributed by atoms with E-state index in [1.807, 2.05) is 0 Å². The van der Waals surface area contributed by atoms with Crippen molar-refractivity contribution in [3.63, 3.8) is 0 Å². The first-order valence-corrected chi connectivity index (χ1v) is 11.6. The molecule has 3 aromatic carbocycles. The standard InChI is InChI=1S/C23H22ClN3O5S/c1-14-4-10-19(33(30,31)27-17-6-8-18(32-3)9-7-17)13-20(14)23(29)26-22-12-16(24)5-11-21(22)25-15(2)28/h4-13,27H,1-3H3,(H,25,28)(H,26,29). The van der Waals surface area contributed by atoms with Crippen molar-refractivity contribution < 1.29 is 22.7 Å². The zero-order chi connectivity index (χ0) is 24.2. The maximum Gasteiger partial charge on any atom is 0.261 e. The van der Waals surface area contributed by atoms with E-state index < -0.39 is 15.9 Å². The number of benzene rings is 3. The highest BCUT2D eigenvalue weighted by molar-refractivity contribution is 7.92. The number of aryl methyl sites for hydroxylation is 1. The lowest BCUT2D eigenvalue weighted by atomic mass is 10.1. The van der Waals surface area contributed by atoms with Crippen molar-refractivity contribution >= 4 is 50.5 Å². The molecule has 0 fully saturated rings. The maximum atomic E-state index is 13.0. The number of nitrogens with one attached hydrogen (secondary N) is 3. The van der Waals surface area contributed by atoms with Gasteiger partial charge in [0.1, 0.15) is 5.75 Å². The number of hydrogen-bond acceptors (Lipinski definition) is 5. The number of sulfonamides is 1. The number of rotatable bonds is 7. The van der Waals surface area contributed by atoms with Gasteiger partial charge in [-0.2, -0.15) is 0 Å². The molecule has 3 rings (SSSR count). The lowest BCUT2D eigenvalue weighted by molar-refractivity contribution is -0.114. The zero-order valence-electron chi connectivity index (χ0n) is 18.1. The fourth-order valence-corrected chi connectivity index (χ4v) is 4.25. The first-order valence-electron chi connectivity index (χ1n) is 9.75. The third-order valence-electron chi connectivity index (χ3n) is 4.65. The molecule has 0 spiro atoms. The van der Waals surface area contributed by atoms with Crippen molar-refractivity contribution in [1.82, 2.24) is 0 Å². The smallest absolute Gasteiger partial charge is 0.261 e. The van der Waals surface area contributed by atoms with E-state index in [4.69, 9.17) is 16.3 Å². The van der Waals surface area contributed by atoms with Crippen molar-refractivity contribution in [2.75, 3.05) is 22.5 Å². The lowest BCUT2D eigenvalue weighted by Gasteiger charge is -2.14. The summed E-state index contributed by atoms with van der Waals surface area (Å²) in [6, 6.07) is 15.3. The van der Waals surface area contributed by atoms with Gasteiger partial charge in [-0.05, 0) is 67.1 Å². The molecule has 0 aliphatic rings. The van der Waals surface area contributed by atoms with E-state index >= 15 is 0 Å². The van der Waals surface area contributed by atoms with Gasteiger partial charge in [0.05, 0.1) is 23.4 Å². The number of hydrogen-bond donors (Lipinski definition) is 3. The molecule has 10 heteroatoms.